The van der Waals surface area contributed by atoms with Gasteiger partial charge in [-0.05, 0) is 51.0 Å². The van der Waals surface area contributed by atoms with Crippen molar-refractivity contribution in [3.63, 3.8) is 0 Å². The molecule has 9 nitrogen and oxygen atoms in total. The molecule has 0 fully saturated rings. The maximum atomic E-state index is 13.3. The molecule has 190 valence electrons. The molecule has 0 saturated carbocycles. The van der Waals surface area contributed by atoms with Crippen LogP contribution in [0, 0.1) is 6.92 Å². The quantitative estimate of drug-likeness (QED) is 0.519. The topological polar surface area (TPSA) is 112 Å². The number of methoxy groups -OCH3 is 1. The molecule has 9 heteroatoms. The normalized spacial score (nSPS) is 13.2. The zero-order valence-electron chi connectivity index (χ0n) is 21.6. The molecule has 0 radical (unpaired) electrons. The maximum absolute atomic E-state index is 13.3. The molecule has 2 amide bonds. The summed E-state index contributed by atoms with van der Waals surface area (Å²) in [5, 5.41) is 2.95. The fourth-order valence-electron chi connectivity index (χ4n) is 4.40. The SMILES string of the molecule is COc1c(NC(=O)c2nc3c(n2C)CCN(C(=O)OC(C)(C)C)C3)cccc1-c1cccc(N)c1C. The first kappa shape index (κ1) is 25.1. The van der Waals surface area contributed by atoms with Crippen molar-refractivity contribution in [1.29, 1.82) is 0 Å². The summed E-state index contributed by atoms with van der Waals surface area (Å²) in [6.45, 7) is 8.24. The Hall–Kier alpha value is -4.01. The molecule has 0 unspecified atom stereocenters. The number of nitrogen functional groups attached to an aromatic ring is 1. The van der Waals surface area contributed by atoms with Crippen LogP contribution in [-0.2, 0) is 24.8 Å². The van der Waals surface area contributed by atoms with Crippen molar-refractivity contribution in [1.82, 2.24) is 14.5 Å². The van der Waals surface area contributed by atoms with Crippen LogP contribution in [0.15, 0.2) is 36.4 Å². The van der Waals surface area contributed by atoms with E-state index in [9.17, 15) is 9.59 Å². The highest BCUT2D eigenvalue weighted by molar-refractivity contribution is 6.03. The molecule has 1 aromatic heterocycles. The number of anilines is 2. The minimum Gasteiger partial charge on any atom is -0.494 e. The molecule has 0 atom stereocenters. The fourth-order valence-corrected chi connectivity index (χ4v) is 4.40. The van der Waals surface area contributed by atoms with E-state index in [0.29, 0.717) is 42.3 Å². The number of rotatable bonds is 4. The number of carbonyl (C=O) groups is 2. The molecule has 2 aromatic carbocycles. The van der Waals surface area contributed by atoms with Crippen molar-refractivity contribution in [3.05, 3.63) is 59.2 Å². The van der Waals surface area contributed by atoms with Gasteiger partial charge in [-0.3, -0.25) is 4.79 Å². The van der Waals surface area contributed by atoms with Gasteiger partial charge in [0.2, 0.25) is 0 Å². The number of fused-ring (bicyclic) bond motifs is 1. The first-order chi connectivity index (χ1) is 17.0. The summed E-state index contributed by atoms with van der Waals surface area (Å²) in [5.41, 5.74) is 11.1. The Morgan fingerprint density at radius 1 is 1.11 bits per heavy atom. The summed E-state index contributed by atoms with van der Waals surface area (Å²) >= 11 is 0. The summed E-state index contributed by atoms with van der Waals surface area (Å²) in [6.07, 6.45) is 0.196. The Kier molecular flexibility index (Phi) is 6.67. The van der Waals surface area contributed by atoms with Crippen molar-refractivity contribution in [2.24, 2.45) is 7.05 Å². The predicted octanol–water partition coefficient (Wildman–Crippen LogP) is 4.53. The number of nitrogens with two attached hydrogens (primary N) is 1. The van der Waals surface area contributed by atoms with Crippen LogP contribution in [0.3, 0.4) is 0 Å². The second-order valence-corrected chi connectivity index (χ2v) is 9.90. The van der Waals surface area contributed by atoms with Gasteiger partial charge in [-0.1, -0.05) is 24.3 Å². The Labute approximate surface area is 211 Å². The molecule has 0 aliphatic carbocycles. The minimum absolute atomic E-state index is 0.263. The van der Waals surface area contributed by atoms with E-state index in [2.05, 4.69) is 10.3 Å². The lowest BCUT2D eigenvalue weighted by Crippen LogP contribution is -2.40. The van der Waals surface area contributed by atoms with Gasteiger partial charge in [0.15, 0.2) is 5.82 Å². The van der Waals surface area contributed by atoms with E-state index >= 15 is 0 Å². The number of benzene rings is 2. The Morgan fingerprint density at radius 3 is 2.50 bits per heavy atom. The van der Waals surface area contributed by atoms with E-state index in [0.717, 1.165) is 22.4 Å². The second kappa shape index (κ2) is 9.56. The average Bonchev–Trinajstić information content (AvgIpc) is 3.15. The number of nitrogens with one attached hydrogen (secondary N) is 1. The number of carbonyl (C=O) groups excluding carboxylic acids is 2. The van der Waals surface area contributed by atoms with Crippen LogP contribution in [-0.4, -0.2) is 45.7 Å². The van der Waals surface area contributed by atoms with Crippen LogP contribution in [0.4, 0.5) is 16.2 Å². The molecular formula is C27H33N5O4. The van der Waals surface area contributed by atoms with Crippen LogP contribution in [0.2, 0.25) is 0 Å². The molecule has 4 rings (SSSR count). The predicted molar refractivity (Wildman–Crippen MR) is 139 cm³/mol. The smallest absolute Gasteiger partial charge is 0.410 e. The van der Waals surface area contributed by atoms with Crippen molar-refractivity contribution in [2.45, 2.75) is 46.3 Å². The summed E-state index contributed by atoms with van der Waals surface area (Å²) in [4.78, 5) is 32.0. The number of aromatic nitrogens is 2. The highest BCUT2D eigenvalue weighted by atomic mass is 16.6. The first-order valence-electron chi connectivity index (χ1n) is 11.9. The number of amides is 2. The number of nitrogens with zero attached hydrogens (tertiary/aromatic N) is 3. The van der Waals surface area contributed by atoms with Crippen LogP contribution in [0.1, 0.15) is 48.3 Å². The minimum atomic E-state index is -0.579. The van der Waals surface area contributed by atoms with E-state index in [1.165, 1.54) is 0 Å². The molecule has 0 saturated heterocycles. The highest BCUT2D eigenvalue weighted by Gasteiger charge is 2.30. The van der Waals surface area contributed by atoms with Gasteiger partial charge in [-0.15, -0.1) is 0 Å². The standard InChI is InChI=1S/C27H33N5O4/c1-16-17(9-7-11-19(16)28)18-10-8-12-20(23(18)35-6)30-25(33)24-29-21-15-32(14-13-22(21)31(24)5)26(34)36-27(2,3)4/h7-12H,13-15,28H2,1-6H3,(H,30,33). The molecule has 3 aromatic rings. The van der Waals surface area contributed by atoms with Crippen LogP contribution in [0.5, 0.6) is 5.75 Å². The zero-order chi connectivity index (χ0) is 26.2. The highest BCUT2D eigenvalue weighted by Crippen LogP contribution is 2.39. The van der Waals surface area contributed by atoms with Crippen LogP contribution in [0.25, 0.3) is 11.1 Å². The number of ether oxygens (including phenoxy) is 2. The molecule has 0 spiro atoms. The molecule has 2 heterocycles. The number of imidazole rings is 1. The van der Waals surface area contributed by atoms with Gasteiger partial charge in [0.1, 0.15) is 11.4 Å². The lowest BCUT2D eigenvalue weighted by Gasteiger charge is -2.29. The molecular weight excluding hydrogens is 458 g/mol. The van der Waals surface area contributed by atoms with E-state index < -0.39 is 5.60 Å². The second-order valence-electron chi connectivity index (χ2n) is 9.90. The summed E-state index contributed by atoms with van der Waals surface area (Å²) < 4.78 is 13.0. The van der Waals surface area contributed by atoms with Crippen molar-refractivity contribution in [3.8, 4) is 16.9 Å². The van der Waals surface area contributed by atoms with Gasteiger partial charge >= 0.3 is 6.09 Å². The van der Waals surface area contributed by atoms with E-state index in [1.54, 1.807) is 22.6 Å². The van der Waals surface area contributed by atoms with E-state index in [1.807, 2.05) is 65.1 Å². The van der Waals surface area contributed by atoms with E-state index in [4.69, 9.17) is 15.2 Å². The summed E-state index contributed by atoms with van der Waals surface area (Å²) in [6, 6.07) is 11.3. The maximum Gasteiger partial charge on any atom is 0.410 e. The summed E-state index contributed by atoms with van der Waals surface area (Å²) in [7, 11) is 3.38. The lowest BCUT2D eigenvalue weighted by molar-refractivity contribution is 0.0220. The molecule has 3 N–H and O–H groups in total. The molecule has 1 aliphatic rings. The van der Waals surface area contributed by atoms with E-state index in [-0.39, 0.29) is 17.8 Å². The van der Waals surface area contributed by atoms with Gasteiger partial charge in [0.25, 0.3) is 5.91 Å². The third kappa shape index (κ3) is 4.86. The van der Waals surface area contributed by atoms with Gasteiger partial charge in [-0.25, -0.2) is 9.78 Å². The van der Waals surface area contributed by atoms with Crippen LogP contribution < -0.4 is 15.8 Å². The lowest BCUT2D eigenvalue weighted by atomic mass is 9.98. The third-order valence-corrected chi connectivity index (χ3v) is 6.24. The largest absolute Gasteiger partial charge is 0.494 e. The fraction of sp³-hybridized carbons (Fsp3) is 0.370. The third-order valence-electron chi connectivity index (χ3n) is 6.24. The van der Waals surface area contributed by atoms with Gasteiger partial charge in [0, 0.05) is 37.0 Å². The van der Waals surface area contributed by atoms with Gasteiger partial charge < -0.3 is 30.0 Å². The van der Waals surface area contributed by atoms with Crippen molar-refractivity contribution >= 4 is 23.4 Å². The number of hydrogen-bond donors (Lipinski definition) is 2. The molecule has 36 heavy (non-hydrogen) atoms. The van der Waals surface area contributed by atoms with Crippen molar-refractivity contribution < 1.29 is 19.1 Å². The van der Waals surface area contributed by atoms with Gasteiger partial charge in [-0.2, -0.15) is 0 Å². The number of hydrogen-bond acceptors (Lipinski definition) is 6. The van der Waals surface area contributed by atoms with Crippen LogP contribution >= 0.6 is 0 Å². The monoisotopic (exact) mass is 491 g/mol. The molecule has 0 bridgehead atoms. The molecule has 1 aliphatic heterocycles. The zero-order valence-corrected chi connectivity index (χ0v) is 21.6. The average molecular weight is 492 g/mol. The summed E-state index contributed by atoms with van der Waals surface area (Å²) in [5.74, 6) is 0.434. The number of para-hydroxylation sites is 1. The van der Waals surface area contributed by atoms with Crippen molar-refractivity contribution in [2.75, 3.05) is 24.7 Å². The Balaban J connectivity index is 1.59. The van der Waals surface area contributed by atoms with Gasteiger partial charge in [0.05, 0.1) is 25.0 Å². The first-order valence-corrected chi connectivity index (χ1v) is 11.9. The Bertz CT molecular complexity index is 1320. The Morgan fingerprint density at radius 2 is 1.81 bits per heavy atom.